The number of carbonyl (C=O) groups excluding carboxylic acids is 2. The first-order valence-corrected chi connectivity index (χ1v) is 13.3. The number of hydrogen-bond donors (Lipinski definition) is 3. The van der Waals surface area contributed by atoms with Crippen LogP contribution in [0.2, 0.25) is 0 Å². The van der Waals surface area contributed by atoms with Crippen molar-refractivity contribution in [3.8, 4) is 0 Å². The molecule has 3 N–H and O–H groups in total. The number of aryl methyl sites for hydroxylation is 1. The van der Waals surface area contributed by atoms with Gasteiger partial charge in [-0.3, -0.25) is 0 Å². The second-order valence-electron chi connectivity index (χ2n) is 9.96. The lowest BCUT2D eigenvalue weighted by Gasteiger charge is -2.33. The van der Waals surface area contributed by atoms with E-state index in [-0.39, 0.29) is 16.7 Å². The quantitative estimate of drug-likeness (QED) is 0.265. The topological polar surface area (TPSA) is 113 Å². The average molecular weight is 509 g/mol. The minimum absolute atomic E-state index is 0.192. The zero-order valence-corrected chi connectivity index (χ0v) is 21.3. The van der Waals surface area contributed by atoms with Crippen molar-refractivity contribution in [2.75, 3.05) is 0 Å². The largest absolute Gasteiger partial charge is 0.429 e. The zero-order valence-electron chi connectivity index (χ0n) is 21.3. The summed E-state index contributed by atoms with van der Waals surface area (Å²) in [7, 11) is 0. The fourth-order valence-electron chi connectivity index (χ4n) is 5.19. The van der Waals surface area contributed by atoms with Crippen molar-refractivity contribution >= 4 is 22.7 Å². The molecule has 0 aromatic heterocycles. The van der Waals surface area contributed by atoms with Crippen LogP contribution in [0.3, 0.4) is 0 Å². The van der Waals surface area contributed by atoms with Crippen molar-refractivity contribution in [2.24, 2.45) is 0 Å². The van der Waals surface area contributed by atoms with Gasteiger partial charge in [0, 0.05) is 23.3 Å². The molecule has 7 nitrogen and oxygen atoms in total. The van der Waals surface area contributed by atoms with Crippen LogP contribution in [0, 0.1) is 0 Å². The molecule has 0 spiro atoms. The first-order chi connectivity index (χ1) is 17.8. The first-order valence-electron chi connectivity index (χ1n) is 13.3. The molecule has 2 aliphatic heterocycles. The SMILES string of the molecule is CCCCCCCCCCCc1ccc2cc(C(O)(C3=CC(=O)OC3O)C3=CC(=O)OC3O)ccc2c1. The van der Waals surface area contributed by atoms with Gasteiger partial charge in [0.15, 0.2) is 0 Å². The summed E-state index contributed by atoms with van der Waals surface area (Å²) in [6.07, 6.45) is 11.0. The van der Waals surface area contributed by atoms with Gasteiger partial charge in [0.25, 0.3) is 0 Å². The third-order valence-electron chi connectivity index (χ3n) is 7.26. The minimum atomic E-state index is -2.18. The molecule has 0 saturated carbocycles. The highest BCUT2D eigenvalue weighted by Crippen LogP contribution is 2.44. The van der Waals surface area contributed by atoms with Crippen molar-refractivity contribution in [1.82, 2.24) is 0 Å². The van der Waals surface area contributed by atoms with Crippen LogP contribution in [0.5, 0.6) is 0 Å². The van der Waals surface area contributed by atoms with Crippen molar-refractivity contribution in [1.29, 1.82) is 0 Å². The van der Waals surface area contributed by atoms with Crippen LogP contribution in [0.25, 0.3) is 10.8 Å². The number of cyclic esters (lactones) is 2. The van der Waals surface area contributed by atoms with Crippen LogP contribution in [-0.4, -0.2) is 39.8 Å². The van der Waals surface area contributed by atoms with E-state index in [0.717, 1.165) is 35.8 Å². The lowest BCUT2D eigenvalue weighted by atomic mass is 9.78. The predicted molar refractivity (Wildman–Crippen MR) is 139 cm³/mol. The Morgan fingerprint density at radius 1 is 0.730 bits per heavy atom. The molecule has 2 aromatic rings. The molecule has 2 unspecified atom stereocenters. The summed E-state index contributed by atoms with van der Waals surface area (Å²) in [5.41, 5.74) is -1.07. The van der Waals surface area contributed by atoms with Gasteiger partial charge >= 0.3 is 11.9 Å². The van der Waals surface area contributed by atoms with Crippen molar-refractivity contribution < 1.29 is 34.4 Å². The van der Waals surface area contributed by atoms with E-state index in [0.29, 0.717) is 0 Å². The van der Waals surface area contributed by atoms with E-state index >= 15 is 0 Å². The van der Waals surface area contributed by atoms with E-state index in [2.05, 4.69) is 19.1 Å². The van der Waals surface area contributed by atoms with E-state index < -0.39 is 30.1 Å². The molecule has 0 radical (unpaired) electrons. The lowest BCUT2D eigenvalue weighted by molar-refractivity contribution is -0.154. The Bertz CT molecular complexity index is 1160. The van der Waals surface area contributed by atoms with Crippen molar-refractivity contribution in [3.63, 3.8) is 0 Å². The minimum Gasteiger partial charge on any atom is -0.429 e. The van der Waals surface area contributed by atoms with Crippen molar-refractivity contribution in [3.05, 3.63) is 70.8 Å². The number of esters is 2. The Hall–Kier alpha value is -3.00. The Morgan fingerprint density at radius 2 is 1.24 bits per heavy atom. The van der Waals surface area contributed by atoms with E-state index in [1.54, 1.807) is 12.1 Å². The maximum absolute atomic E-state index is 11.8. The molecule has 0 bridgehead atoms. The third kappa shape index (κ3) is 6.12. The fraction of sp³-hybridized carbons (Fsp3) is 0.467. The normalized spacial score (nSPS) is 21.0. The van der Waals surface area contributed by atoms with Crippen LogP contribution in [-0.2, 0) is 31.1 Å². The van der Waals surface area contributed by atoms with Crippen LogP contribution >= 0.6 is 0 Å². The summed E-state index contributed by atoms with van der Waals surface area (Å²) in [5, 5.41) is 34.2. The lowest BCUT2D eigenvalue weighted by Crippen LogP contribution is -2.38. The maximum Gasteiger partial charge on any atom is 0.333 e. The monoisotopic (exact) mass is 508 g/mol. The standard InChI is InChI=1S/C30H36O7/c1-2-3-4-5-6-7-8-9-10-11-20-12-13-22-17-23(15-14-21(22)16-20)30(35,24-18-26(31)36-28(24)33)25-19-27(32)37-29(25)34/h12-19,28-29,33-35H,2-11H2,1H3. The number of benzene rings is 2. The molecule has 7 heteroatoms. The van der Waals surface area contributed by atoms with Gasteiger partial charge in [-0.25, -0.2) is 9.59 Å². The van der Waals surface area contributed by atoms with Gasteiger partial charge in [0.2, 0.25) is 12.6 Å². The average Bonchev–Trinajstić information content (AvgIpc) is 3.41. The Kier molecular flexibility index (Phi) is 8.79. The van der Waals surface area contributed by atoms with Crippen molar-refractivity contribution in [2.45, 2.75) is 89.3 Å². The number of hydrogen-bond acceptors (Lipinski definition) is 7. The van der Waals surface area contributed by atoms with E-state index in [1.807, 2.05) is 12.1 Å². The predicted octanol–water partition coefficient (Wildman–Crippen LogP) is 4.70. The summed E-state index contributed by atoms with van der Waals surface area (Å²) >= 11 is 0. The molecule has 2 atom stereocenters. The third-order valence-corrected chi connectivity index (χ3v) is 7.26. The highest BCUT2D eigenvalue weighted by molar-refractivity contribution is 5.90. The van der Waals surface area contributed by atoms with Gasteiger partial charge < -0.3 is 24.8 Å². The Balaban J connectivity index is 1.48. The molecule has 0 aliphatic carbocycles. The van der Waals surface area contributed by atoms with Gasteiger partial charge in [-0.2, -0.15) is 0 Å². The van der Waals surface area contributed by atoms with Crippen LogP contribution in [0.1, 0.15) is 75.8 Å². The molecular formula is C30H36O7. The summed E-state index contributed by atoms with van der Waals surface area (Å²) in [4.78, 5) is 23.6. The molecule has 4 rings (SSSR count). The van der Waals surface area contributed by atoms with Gasteiger partial charge in [-0.05, 0) is 40.8 Å². The fourth-order valence-corrected chi connectivity index (χ4v) is 5.19. The number of ether oxygens (including phenoxy) is 2. The molecule has 2 aliphatic rings. The summed E-state index contributed by atoms with van der Waals surface area (Å²) in [6, 6.07) is 11.3. The molecule has 0 fully saturated rings. The second-order valence-corrected chi connectivity index (χ2v) is 9.96. The summed E-state index contributed by atoms with van der Waals surface area (Å²) in [5.74, 6) is -1.66. The van der Waals surface area contributed by atoms with Gasteiger partial charge in [-0.1, -0.05) is 88.6 Å². The number of rotatable bonds is 13. The maximum atomic E-state index is 11.8. The highest BCUT2D eigenvalue weighted by Gasteiger charge is 2.50. The first kappa shape index (κ1) is 27.0. The molecule has 2 heterocycles. The molecule has 37 heavy (non-hydrogen) atoms. The smallest absolute Gasteiger partial charge is 0.333 e. The van der Waals surface area contributed by atoms with Crippen LogP contribution in [0.15, 0.2) is 59.7 Å². The number of aliphatic hydroxyl groups excluding tert-OH is 2. The Morgan fingerprint density at radius 3 is 1.78 bits per heavy atom. The number of aliphatic hydroxyl groups is 3. The molecule has 2 aromatic carbocycles. The summed E-state index contributed by atoms with van der Waals surface area (Å²) in [6.45, 7) is 2.24. The van der Waals surface area contributed by atoms with E-state index in [4.69, 9.17) is 9.47 Å². The summed E-state index contributed by atoms with van der Waals surface area (Å²) < 4.78 is 9.56. The van der Waals surface area contributed by atoms with Gasteiger partial charge in [-0.15, -0.1) is 0 Å². The van der Waals surface area contributed by atoms with Gasteiger partial charge in [0.05, 0.1) is 0 Å². The number of fused-ring (bicyclic) bond motifs is 1. The zero-order chi connectivity index (χ0) is 26.4. The second kappa shape index (κ2) is 12.0. The van der Waals surface area contributed by atoms with Crippen LogP contribution in [0.4, 0.5) is 0 Å². The highest BCUT2D eigenvalue weighted by atomic mass is 16.6. The van der Waals surface area contributed by atoms with Gasteiger partial charge in [0.1, 0.15) is 5.60 Å². The van der Waals surface area contributed by atoms with E-state index in [1.165, 1.54) is 56.9 Å². The molecular weight excluding hydrogens is 472 g/mol. The number of unbranched alkanes of at least 4 members (excludes halogenated alkanes) is 8. The molecule has 0 amide bonds. The van der Waals surface area contributed by atoms with E-state index in [9.17, 15) is 24.9 Å². The number of carbonyl (C=O) groups is 2. The van der Waals surface area contributed by atoms with Crippen LogP contribution < -0.4 is 0 Å². The molecule has 198 valence electrons. The Labute approximate surface area is 217 Å². The molecule has 0 saturated heterocycles.